The Morgan fingerprint density at radius 2 is 0.821 bits per heavy atom. The predicted octanol–water partition coefficient (Wildman–Crippen LogP) is 15.5. The first-order chi connectivity index (χ1) is 26.5. The second-order valence-corrected chi connectivity index (χ2v) is 20.3. The quantitative estimate of drug-likeness (QED) is 0.171. The molecule has 0 radical (unpaired) electrons. The van der Waals surface area contributed by atoms with Gasteiger partial charge in [-0.1, -0.05) is 160 Å². The standard InChI is InChI=1S/C55H59N/c1-51(2)27-28-52(3,4)46-31-37(25-26-44(46)51)40-32-42-39-23-17-18-24-43(39)55(9,10)45(42)34-49(40)56(38-21-15-12-16-22-38)50-35-48-47(53(5,6)29-30-54(48,7)8)33-41(50)36-19-13-11-14-20-36/h11-26,31-35H,27-30H2,1-10H3. The average Bonchev–Trinajstić information content (AvgIpc) is 3.41. The summed E-state index contributed by atoms with van der Waals surface area (Å²) in [5.41, 5.74) is 20.4. The molecule has 0 heterocycles. The van der Waals surface area contributed by atoms with E-state index in [0.29, 0.717) is 0 Å². The van der Waals surface area contributed by atoms with E-state index in [0.717, 1.165) is 0 Å². The largest absolute Gasteiger partial charge is 0.309 e. The van der Waals surface area contributed by atoms with Gasteiger partial charge < -0.3 is 4.90 Å². The Bertz CT molecular complexity index is 2490. The lowest BCUT2D eigenvalue weighted by Gasteiger charge is -2.43. The van der Waals surface area contributed by atoms with E-state index in [9.17, 15) is 0 Å². The maximum atomic E-state index is 2.61. The first-order valence-corrected chi connectivity index (χ1v) is 21.0. The smallest absolute Gasteiger partial charge is 0.0543 e. The van der Waals surface area contributed by atoms with E-state index < -0.39 is 0 Å². The van der Waals surface area contributed by atoms with Gasteiger partial charge in [0.15, 0.2) is 0 Å². The molecule has 0 amide bonds. The van der Waals surface area contributed by atoms with Gasteiger partial charge >= 0.3 is 0 Å². The number of hydrogen-bond acceptors (Lipinski definition) is 1. The summed E-state index contributed by atoms with van der Waals surface area (Å²) in [6.07, 6.45) is 4.74. The number of anilines is 3. The van der Waals surface area contributed by atoms with Crippen molar-refractivity contribution in [1.29, 1.82) is 0 Å². The van der Waals surface area contributed by atoms with E-state index in [4.69, 9.17) is 0 Å². The van der Waals surface area contributed by atoms with Crippen LogP contribution in [0.25, 0.3) is 33.4 Å². The zero-order valence-corrected chi connectivity index (χ0v) is 35.4. The molecule has 0 spiro atoms. The monoisotopic (exact) mass is 733 g/mol. The Labute approximate surface area is 336 Å². The fraction of sp³-hybridized carbons (Fsp3) is 0.345. The highest BCUT2D eigenvalue weighted by molar-refractivity contribution is 5.98. The summed E-state index contributed by atoms with van der Waals surface area (Å²) in [6, 6.07) is 49.1. The first kappa shape index (κ1) is 36.7. The Hall–Kier alpha value is -4.88. The lowest BCUT2D eigenvalue weighted by Crippen LogP contribution is -2.34. The van der Waals surface area contributed by atoms with Crippen LogP contribution in [0.5, 0.6) is 0 Å². The van der Waals surface area contributed by atoms with Crippen molar-refractivity contribution in [1.82, 2.24) is 0 Å². The van der Waals surface area contributed by atoms with Crippen molar-refractivity contribution in [2.75, 3.05) is 4.90 Å². The van der Waals surface area contributed by atoms with Crippen molar-refractivity contribution in [3.8, 4) is 33.4 Å². The highest BCUT2D eigenvalue weighted by Crippen LogP contribution is 2.57. The Morgan fingerprint density at radius 1 is 0.339 bits per heavy atom. The van der Waals surface area contributed by atoms with Gasteiger partial charge in [0.05, 0.1) is 11.4 Å². The van der Waals surface area contributed by atoms with E-state index in [1.165, 1.54) is 110 Å². The van der Waals surface area contributed by atoms with Crippen molar-refractivity contribution >= 4 is 17.1 Å². The minimum Gasteiger partial charge on any atom is -0.309 e. The molecule has 56 heavy (non-hydrogen) atoms. The summed E-state index contributed by atoms with van der Waals surface area (Å²) < 4.78 is 0. The van der Waals surface area contributed by atoms with Gasteiger partial charge in [-0.25, -0.2) is 0 Å². The second kappa shape index (κ2) is 12.6. The van der Waals surface area contributed by atoms with Gasteiger partial charge in [0.2, 0.25) is 0 Å². The third-order valence-corrected chi connectivity index (χ3v) is 14.4. The summed E-state index contributed by atoms with van der Waals surface area (Å²) in [5.74, 6) is 0. The van der Waals surface area contributed by atoms with Crippen LogP contribution in [0.1, 0.15) is 128 Å². The molecule has 3 aliphatic rings. The van der Waals surface area contributed by atoms with Crippen LogP contribution in [0.3, 0.4) is 0 Å². The number of rotatable bonds is 5. The van der Waals surface area contributed by atoms with E-state index in [1.54, 1.807) is 0 Å². The predicted molar refractivity (Wildman–Crippen MR) is 240 cm³/mol. The highest BCUT2D eigenvalue weighted by atomic mass is 15.1. The zero-order chi connectivity index (χ0) is 39.4. The van der Waals surface area contributed by atoms with E-state index >= 15 is 0 Å². The fourth-order valence-corrected chi connectivity index (χ4v) is 10.5. The molecule has 1 nitrogen and oxygen atoms in total. The van der Waals surface area contributed by atoms with Gasteiger partial charge in [0.25, 0.3) is 0 Å². The van der Waals surface area contributed by atoms with Crippen molar-refractivity contribution in [3.63, 3.8) is 0 Å². The fourth-order valence-electron chi connectivity index (χ4n) is 10.5. The van der Waals surface area contributed by atoms with Crippen molar-refractivity contribution in [2.45, 2.75) is 122 Å². The van der Waals surface area contributed by atoms with Gasteiger partial charge in [-0.05, 0) is 139 Å². The molecule has 1 heteroatoms. The minimum absolute atomic E-state index is 0.0540. The van der Waals surface area contributed by atoms with Gasteiger partial charge in [0, 0.05) is 22.2 Å². The third kappa shape index (κ3) is 5.71. The van der Waals surface area contributed by atoms with Crippen LogP contribution >= 0.6 is 0 Å². The van der Waals surface area contributed by atoms with Crippen LogP contribution < -0.4 is 4.90 Å². The molecular weight excluding hydrogens is 675 g/mol. The van der Waals surface area contributed by atoms with Crippen LogP contribution in [0.15, 0.2) is 127 Å². The van der Waals surface area contributed by atoms with Crippen LogP contribution in [-0.4, -0.2) is 0 Å². The van der Waals surface area contributed by atoms with Crippen LogP contribution in [0, 0.1) is 0 Å². The van der Waals surface area contributed by atoms with E-state index in [2.05, 4.69) is 202 Å². The number of para-hydroxylation sites is 1. The summed E-state index contributed by atoms with van der Waals surface area (Å²) in [5, 5.41) is 0. The highest BCUT2D eigenvalue weighted by Gasteiger charge is 2.41. The second-order valence-electron chi connectivity index (χ2n) is 20.3. The van der Waals surface area contributed by atoms with Gasteiger partial charge in [-0.3, -0.25) is 0 Å². The Balaban J connectivity index is 1.41. The molecule has 3 aliphatic carbocycles. The topological polar surface area (TPSA) is 3.24 Å². The van der Waals surface area contributed by atoms with E-state index in [1.807, 2.05) is 0 Å². The minimum atomic E-state index is -0.145. The van der Waals surface area contributed by atoms with E-state index in [-0.39, 0.29) is 27.1 Å². The molecule has 6 aromatic rings. The molecule has 0 bridgehead atoms. The molecular formula is C55H59N. The maximum absolute atomic E-state index is 2.61. The summed E-state index contributed by atoms with van der Waals surface area (Å²) >= 11 is 0. The average molecular weight is 734 g/mol. The summed E-state index contributed by atoms with van der Waals surface area (Å²) in [6.45, 7) is 24.4. The zero-order valence-electron chi connectivity index (χ0n) is 35.4. The molecule has 0 unspecified atom stereocenters. The van der Waals surface area contributed by atoms with Gasteiger partial charge in [-0.15, -0.1) is 0 Å². The van der Waals surface area contributed by atoms with Crippen LogP contribution in [0.2, 0.25) is 0 Å². The molecule has 6 aromatic carbocycles. The molecule has 0 aliphatic heterocycles. The third-order valence-electron chi connectivity index (χ3n) is 14.4. The van der Waals surface area contributed by atoms with Crippen LogP contribution in [-0.2, 0) is 27.1 Å². The first-order valence-electron chi connectivity index (χ1n) is 21.0. The van der Waals surface area contributed by atoms with Gasteiger partial charge in [0.1, 0.15) is 0 Å². The summed E-state index contributed by atoms with van der Waals surface area (Å²) in [4.78, 5) is 2.61. The van der Waals surface area contributed by atoms with Crippen LogP contribution in [0.4, 0.5) is 17.1 Å². The molecule has 284 valence electrons. The SMILES string of the molecule is CC1(C)CCC(C)(C)c2cc(-c3cc4c(cc3N(c3ccccc3)c3cc5c(cc3-c3ccccc3)C(C)(C)CCC5(C)C)C(C)(C)c3ccccc3-4)ccc21. The number of hydrogen-bond donors (Lipinski definition) is 0. The molecule has 0 aromatic heterocycles. The lowest BCUT2D eigenvalue weighted by atomic mass is 9.62. The number of benzene rings is 6. The molecule has 0 saturated heterocycles. The van der Waals surface area contributed by atoms with Crippen molar-refractivity contribution in [2.24, 2.45) is 0 Å². The molecule has 0 N–H and O–H groups in total. The number of nitrogens with zero attached hydrogens (tertiary/aromatic N) is 1. The molecule has 9 rings (SSSR count). The summed E-state index contributed by atoms with van der Waals surface area (Å²) in [7, 11) is 0. The van der Waals surface area contributed by atoms with Crippen molar-refractivity contribution < 1.29 is 0 Å². The van der Waals surface area contributed by atoms with Gasteiger partial charge in [-0.2, -0.15) is 0 Å². The molecule has 0 saturated carbocycles. The molecule has 0 fully saturated rings. The molecule has 0 atom stereocenters. The Kier molecular flexibility index (Phi) is 8.24. The van der Waals surface area contributed by atoms with Crippen molar-refractivity contribution in [3.05, 3.63) is 161 Å². The lowest BCUT2D eigenvalue weighted by molar-refractivity contribution is 0.332. The normalized spacial score (nSPS) is 19.0. The number of fused-ring (bicyclic) bond motifs is 5. The Morgan fingerprint density at radius 3 is 1.45 bits per heavy atom. The maximum Gasteiger partial charge on any atom is 0.0543 e.